The number of fused-ring (bicyclic) bond motifs is 1. The molecule has 2 N–H and O–H groups in total. The summed E-state index contributed by atoms with van der Waals surface area (Å²) in [5.74, 6) is 1.47. The lowest BCUT2D eigenvalue weighted by Gasteiger charge is -2.21. The molecular weight excluding hydrogens is 284 g/mol. The van der Waals surface area contributed by atoms with Crippen molar-refractivity contribution in [3.63, 3.8) is 0 Å². The van der Waals surface area contributed by atoms with Crippen molar-refractivity contribution < 1.29 is 14.3 Å². The van der Waals surface area contributed by atoms with Crippen molar-refractivity contribution in [3.8, 4) is 11.5 Å². The number of aromatic nitrogens is 2. The zero-order chi connectivity index (χ0) is 15.4. The Morgan fingerprint density at radius 3 is 3.00 bits per heavy atom. The average Bonchev–Trinajstić information content (AvgIpc) is 3.20. The fourth-order valence-electron chi connectivity index (χ4n) is 2.25. The number of rotatable bonds is 5. The van der Waals surface area contributed by atoms with Crippen LogP contribution in [0.5, 0.6) is 11.5 Å². The van der Waals surface area contributed by atoms with Crippen LogP contribution in [0.4, 0.5) is 4.79 Å². The van der Waals surface area contributed by atoms with Gasteiger partial charge in [0.25, 0.3) is 0 Å². The molecule has 0 unspecified atom stereocenters. The van der Waals surface area contributed by atoms with E-state index in [2.05, 4.69) is 15.5 Å². The first-order valence-corrected chi connectivity index (χ1v) is 7.16. The fraction of sp³-hybridized carbons (Fsp3) is 0.333. The second-order valence-electron chi connectivity index (χ2n) is 4.94. The highest BCUT2D eigenvalue weighted by atomic mass is 16.7. The van der Waals surface area contributed by atoms with Crippen LogP contribution < -0.4 is 14.8 Å². The topological polar surface area (TPSA) is 79.5 Å². The second kappa shape index (κ2) is 6.38. The number of carbonyl (C=O) groups is 1. The number of hydrogen-bond acceptors (Lipinski definition) is 4. The maximum Gasteiger partial charge on any atom is 0.318 e. The van der Waals surface area contributed by atoms with Crippen molar-refractivity contribution in [2.75, 3.05) is 13.3 Å². The predicted molar refractivity (Wildman–Crippen MR) is 79.5 cm³/mol. The maximum atomic E-state index is 12.2. The lowest BCUT2D eigenvalue weighted by molar-refractivity contribution is 0.173. The fourth-order valence-corrected chi connectivity index (χ4v) is 2.25. The van der Waals surface area contributed by atoms with Crippen molar-refractivity contribution >= 4 is 6.03 Å². The van der Waals surface area contributed by atoms with Gasteiger partial charge in [-0.3, -0.25) is 5.10 Å². The van der Waals surface area contributed by atoms with Crippen molar-refractivity contribution in [1.29, 1.82) is 0 Å². The van der Waals surface area contributed by atoms with Gasteiger partial charge in [0, 0.05) is 19.3 Å². The van der Waals surface area contributed by atoms with Crippen LogP contribution in [0.25, 0.3) is 0 Å². The van der Waals surface area contributed by atoms with Gasteiger partial charge in [-0.25, -0.2) is 4.79 Å². The van der Waals surface area contributed by atoms with Crippen LogP contribution in [0.2, 0.25) is 0 Å². The number of carbonyl (C=O) groups excluding carboxylic acids is 1. The first-order chi connectivity index (χ1) is 10.8. The number of ether oxygens (including phenoxy) is 2. The summed E-state index contributed by atoms with van der Waals surface area (Å²) in [4.78, 5) is 14.0. The number of amides is 2. The number of nitrogens with zero attached hydrogens (tertiary/aromatic N) is 2. The number of benzene rings is 1. The minimum absolute atomic E-state index is 0.116. The largest absolute Gasteiger partial charge is 0.454 e. The summed E-state index contributed by atoms with van der Waals surface area (Å²) >= 11 is 0. The standard InChI is InChI=1S/C15H18N4O3/c1-2-19(15(20)16-8-12-5-6-17-18-12)9-11-3-4-13-14(7-11)22-10-21-13/h3-7H,2,8-10H2,1H3,(H,16,20)(H,17,18). The molecule has 22 heavy (non-hydrogen) atoms. The quantitative estimate of drug-likeness (QED) is 0.883. The average molecular weight is 302 g/mol. The Bertz CT molecular complexity index is 642. The Morgan fingerprint density at radius 2 is 2.23 bits per heavy atom. The molecule has 0 saturated heterocycles. The second-order valence-corrected chi connectivity index (χ2v) is 4.94. The van der Waals surface area contributed by atoms with E-state index >= 15 is 0 Å². The zero-order valence-corrected chi connectivity index (χ0v) is 12.3. The smallest absolute Gasteiger partial charge is 0.318 e. The number of aromatic amines is 1. The minimum Gasteiger partial charge on any atom is -0.454 e. The van der Waals surface area contributed by atoms with E-state index in [9.17, 15) is 4.79 Å². The maximum absolute atomic E-state index is 12.2. The lowest BCUT2D eigenvalue weighted by Crippen LogP contribution is -2.39. The van der Waals surface area contributed by atoms with Crippen LogP contribution in [0.1, 0.15) is 18.2 Å². The first-order valence-electron chi connectivity index (χ1n) is 7.16. The lowest BCUT2D eigenvalue weighted by atomic mass is 10.2. The Kier molecular flexibility index (Phi) is 4.13. The molecule has 1 aromatic heterocycles. The van der Waals surface area contributed by atoms with Crippen LogP contribution in [-0.4, -0.2) is 34.5 Å². The van der Waals surface area contributed by atoms with Crippen LogP contribution >= 0.6 is 0 Å². The number of nitrogens with one attached hydrogen (secondary N) is 2. The molecule has 116 valence electrons. The van der Waals surface area contributed by atoms with E-state index in [0.717, 1.165) is 22.8 Å². The molecule has 0 bridgehead atoms. The van der Waals surface area contributed by atoms with E-state index in [1.165, 1.54) is 0 Å². The Balaban J connectivity index is 1.60. The van der Waals surface area contributed by atoms with Gasteiger partial charge in [-0.15, -0.1) is 0 Å². The highest BCUT2D eigenvalue weighted by Gasteiger charge is 2.16. The van der Waals surface area contributed by atoms with E-state index in [0.29, 0.717) is 19.6 Å². The SMILES string of the molecule is CCN(Cc1ccc2c(c1)OCO2)C(=O)NCc1ccn[nH]1. The van der Waals surface area contributed by atoms with Crippen molar-refractivity contribution in [2.24, 2.45) is 0 Å². The van der Waals surface area contributed by atoms with Crippen molar-refractivity contribution in [3.05, 3.63) is 41.7 Å². The third kappa shape index (κ3) is 3.13. The molecule has 0 aliphatic carbocycles. The number of urea groups is 1. The predicted octanol–water partition coefficient (Wildman–Crippen LogP) is 1.87. The molecule has 7 heteroatoms. The van der Waals surface area contributed by atoms with Gasteiger partial charge >= 0.3 is 6.03 Å². The van der Waals surface area contributed by atoms with Gasteiger partial charge in [-0.2, -0.15) is 5.10 Å². The summed E-state index contributed by atoms with van der Waals surface area (Å²) in [5, 5.41) is 9.53. The summed E-state index contributed by atoms with van der Waals surface area (Å²) in [6.45, 7) is 3.76. The third-order valence-corrected chi connectivity index (χ3v) is 3.47. The summed E-state index contributed by atoms with van der Waals surface area (Å²) < 4.78 is 10.6. The summed E-state index contributed by atoms with van der Waals surface area (Å²) in [6.07, 6.45) is 1.66. The van der Waals surface area contributed by atoms with Gasteiger partial charge in [0.15, 0.2) is 11.5 Å². The van der Waals surface area contributed by atoms with Gasteiger partial charge in [0.05, 0.1) is 12.2 Å². The summed E-state index contributed by atoms with van der Waals surface area (Å²) in [6, 6.07) is 7.43. The molecule has 0 saturated carbocycles. The van der Waals surface area contributed by atoms with Gasteiger partial charge in [0.1, 0.15) is 0 Å². The van der Waals surface area contributed by atoms with Gasteiger partial charge < -0.3 is 19.7 Å². The molecule has 0 spiro atoms. The molecule has 3 rings (SSSR count). The molecule has 7 nitrogen and oxygen atoms in total. The third-order valence-electron chi connectivity index (χ3n) is 3.47. The van der Waals surface area contributed by atoms with Crippen LogP contribution in [0, 0.1) is 0 Å². The highest BCUT2D eigenvalue weighted by Crippen LogP contribution is 2.32. The molecule has 1 aliphatic rings. The summed E-state index contributed by atoms with van der Waals surface area (Å²) in [7, 11) is 0. The van der Waals surface area contributed by atoms with Crippen molar-refractivity contribution in [2.45, 2.75) is 20.0 Å². The van der Waals surface area contributed by atoms with Crippen LogP contribution in [0.3, 0.4) is 0 Å². The molecule has 2 amide bonds. The molecule has 1 aromatic carbocycles. The van der Waals surface area contributed by atoms with Gasteiger partial charge in [-0.05, 0) is 30.7 Å². The Labute approximate surface area is 128 Å². The molecular formula is C15H18N4O3. The molecule has 0 radical (unpaired) electrons. The Hall–Kier alpha value is -2.70. The zero-order valence-electron chi connectivity index (χ0n) is 12.3. The molecule has 0 fully saturated rings. The number of hydrogen-bond donors (Lipinski definition) is 2. The van der Waals surface area contributed by atoms with E-state index in [4.69, 9.17) is 9.47 Å². The van der Waals surface area contributed by atoms with E-state index in [1.807, 2.05) is 31.2 Å². The number of H-pyrrole nitrogens is 1. The van der Waals surface area contributed by atoms with Crippen LogP contribution in [-0.2, 0) is 13.1 Å². The van der Waals surface area contributed by atoms with E-state index < -0.39 is 0 Å². The first kappa shape index (κ1) is 14.2. The molecule has 1 aliphatic heterocycles. The highest BCUT2D eigenvalue weighted by molar-refractivity contribution is 5.74. The van der Waals surface area contributed by atoms with E-state index in [1.54, 1.807) is 11.1 Å². The van der Waals surface area contributed by atoms with Gasteiger partial charge in [0.2, 0.25) is 6.79 Å². The minimum atomic E-state index is -0.116. The monoisotopic (exact) mass is 302 g/mol. The normalized spacial score (nSPS) is 12.2. The molecule has 2 heterocycles. The summed E-state index contributed by atoms with van der Waals surface area (Å²) in [5.41, 5.74) is 1.87. The molecule has 0 atom stereocenters. The van der Waals surface area contributed by atoms with Crippen molar-refractivity contribution in [1.82, 2.24) is 20.4 Å². The van der Waals surface area contributed by atoms with Crippen LogP contribution in [0.15, 0.2) is 30.5 Å². The van der Waals surface area contributed by atoms with E-state index in [-0.39, 0.29) is 12.8 Å². The van der Waals surface area contributed by atoms with Gasteiger partial charge in [-0.1, -0.05) is 6.07 Å². The Morgan fingerprint density at radius 1 is 1.36 bits per heavy atom. The molecule has 2 aromatic rings.